The third kappa shape index (κ3) is 2.32. The quantitative estimate of drug-likeness (QED) is 0.482. The average Bonchev–Trinajstić information content (AvgIpc) is 2.77. The Bertz CT molecular complexity index is 596. The molecule has 0 fully saturated rings. The van der Waals surface area contributed by atoms with Gasteiger partial charge in [0.1, 0.15) is 10.9 Å². The molecule has 0 radical (unpaired) electrons. The molecule has 0 N–H and O–H groups in total. The predicted molar refractivity (Wildman–Crippen MR) is 67.9 cm³/mol. The lowest BCUT2D eigenvalue weighted by atomic mass is 10.1. The molecule has 0 saturated heterocycles. The molecule has 2 aromatic rings. The summed E-state index contributed by atoms with van der Waals surface area (Å²) in [5, 5.41) is 10.8. The lowest BCUT2D eigenvalue weighted by Gasteiger charge is -2.01. The van der Waals surface area contributed by atoms with Crippen LogP contribution in [0.25, 0.3) is 11.3 Å². The minimum Gasteiger partial charge on any atom is -0.439 e. The van der Waals surface area contributed by atoms with E-state index in [0.29, 0.717) is 5.89 Å². The molecule has 1 aromatic heterocycles. The number of nitrogens with zero attached hydrogens (tertiary/aromatic N) is 2. The molecule has 2 rings (SSSR count). The molecule has 1 heterocycles. The van der Waals surface area contributed by atoms with E-state index in [4.69, 9.17) is 27.6 Å². The minimum absolute atomic E-state index is 0.132. The summed E-state index contributed by atoms with van der Waals surface area (Å²) >= 11 is 11.8. The fraction of sp³-hybridized carbons (Fsp3) is 0.182. The highest BCUT2D eigenvalue weighted by atomic mass is 35.5. The number of hydrogen-bond acceptors (Lipinski definition) is 4. The first-order valence-electron chi connectivity index (χ1n) is 5.03. The van der Waals surface area contributed by atoms with Crippen LogP contribution in [0.15, 0.2) is 28.8 Å². The number of hydrogen-bond donors (Lipinski definition) is 0. The number of oxazole rings is 1. The van der Waals surface area contributed by atoms with Crippen molar-refractivity contribution in [2.45, 2.75) is 12.3 Å². The number of alkyl halides is 1. The van der Waals surface area contributed by atoms with Crippen LogP contribution in [0.1, 0.15) is 18.2 Å². The molecule has 0 aliphatic rings. The molecule has 0 saturated carbocycles. The van der Waals surface area contributed by atoms with Crippen LogP contribution in [0.2, 0.25) is 5.02 Å². The zero-order valence-electron chi connectivity index (χ0n) is 9.26. The molecular weight excluding hydrogens is 279 g/mol. The first-order valence-corrected chi connectivity index (χ1v) is 5.85. The molecule has 1 aromatic carbocycles. The lowest BCUT2D eigenvalue weighted by Crippen LogP contribution is -1.91. The standard InChI is InChI=1S/C11H8Cl2N2O3/c1-6(12)11-14-5-9(18-11)10-7(13)3-2-4-8(10)15(16)17/h2-6H,1H3. The van der Waals surface area contributed by atoms with E-state index in [1.54, 1.807) is 13.0 Å². The van der Waals surface area contributed by atoms with Crippen LogP contribution >= 0.6 is 23.2 Å². The fourth-order valence-corrected chi connectivity index (χ4v) is 1.86. The maximum atomic E-state index is 10.9. The molecule has 7 heteroatoms. The van der Waals surface area contributed by atoms with Crippen molar-refractivity contribution in [1.82, 2.24) is 4.98 Å². The van der Waals surface area contributed by atoms with Crippen molar-refractivity contribution in [1.29, 1.82) is 0 Å². The third-order valence-corrected chi connectivity index (χ3v) is 2.80. The van der Waals surface area contributed by atoms with E-state index in [1.807, 2.05) is 0 Å². The van der Waals surface area contributed by atoms with Gasteiger partial charge < -0.3 is 4.42 Å². The summed E-state index contributed by atoms with van der Waals surface area (Å²) in [6.07, 6.45) is 1.38. The zero-order valence-corrected chi connectivity index (χ0v) is 10.8. The Kier molecular flexibility index (Phi) is 3.54. The normalized spacial score (nSPS) is 12.4. The van der Waals surface area contributed by atoms with E-state index >= 15 is 0 Å². The Morgan fingerprint density at radius 3 is 2.78 bits per heavy atom. The van der Waals surface area contributed by atoms with Gasteiger partial charge in [0.2, 0.25) is 5.89 Å². The third-order valence-electron chi connectivity index (χ3n) is 2.30. The van der Waals surface area contributed by atoms with Crippen molar-refractivity contribution in [3.63, 3.8) is 0 Å². The molecule has 18 heavy (non-hydrogen) atoms. The summed E-state index contributed by atoms with van der Waals surface area (Å²) in [5.41, 5.74) is 0.0765. The second-order valence-corrected chi connectivity index (χ2v) is 4.63. The summed E-state index contributed by atoms with van der Waals surface area (Å²) in [6, 6.07) is 4.41. The van der Waals surface area contributed by atoms with Crippen molar-refractivity contribution in [3.05, 3.63) is 45.4 Å². The van der Waals surface area contributed by atoms with Gasteiger partial charge in [-0.15, -0.1) is 11.6 Å². The summed E-state index contributed by atoms with van der Waals surface area (Å²) < 4.78 is 5.37. The lowest BCUT2D eigenvalue weighted by molar-refractivity contribution is -0.384. The number of halogens is 2. The van der Waals surface area contributed by atoms with Gasteiger partial charge in [0, 0.05) is 6.07 Å². The minimum atomic E-state index is -0.520. The Balaban J connectivity index is 2.58. The maximum Gasteiger partial charge on any atom is 0.281 e. The van der Waals surface area contributed by atoms with Crippen LogP contribution in [0.3, 0.4) is 0 Å². The Morgan fingerprint density at radius 2 is 2.22 bits per heavy atom. The number of nitro groups is 1. The zero-order chi connectivity index (χ0) is 13.3. The Hall–Kier alpha value is -1.59. The van der Waals surface area contributed by atoms with Crippen molar-refractivity contribution in [2.75, 3.05) is 0 Å². The predicted octanol–water partition coefficient (Wildman–Crippen LogP) is 4.20. The van der Waals surface area contributed by atoms with E-state index < -0.39 is 10.3 Å². The highest BCUT2D eigenvalue weighted by Crippen LogP contribution is 2.37. The number of aromatic nitrogens is 1. The van der Waals surface area contributed by atoms with Gasteiger partial charge in [0.15, 0.2) is 5.76 Å². The second kappa shape index (κ2) is 4.96. The summed E-state index contributed by atoms with van der Waals surface area (Å²) in [4.78, 5) is 14.4. The van der Waals surface area contributed by atoms with E-state index in [1.165, 1.54) is 18.3 Å². The molecule has 1 unspecified atom stereocenters. The Labute approximate surface area is 112 Å². The maximum absolute atomic E-state index is 10.9. The van der Waals surface area contributed by atoms with Crippen molar-refractivity contribution in [2.24, 2.45) is 0 Å². The van der Waals surface area contributed by atoms with Crippen LogP contribution in [-0.2, 0) is 0 Å². The van der Waals surface area contributed by atoms with Gasteiger partial charge in [-0.25, -0.2) is 4.98 Å². The van der Waals surface area contributed by atoms with E-state index in [-0.39, 0.29) is 22.0 Å². The van der Waals surface area contributed by atoms with Crippen molar-refractivity contribution >= 4 is 28.9 Å². The smallest absolute Gasteiger partial charge is 0.281 e. The van der Waals surface area contributed by atoms with Gasteiger partial charge in [-0.1, -0.05) is 17.7 Å². The second-order valence-electron chi connectivity index (χ2n) is 3.57. The van der Waals surface area contributed by atoms with Gasteiger partial charge in [-0.3, -0.25) is 10.1 Å². The van der Waals surface area contributed by atoms with Crippen molar-refractivity contribution in [3.8, 4) is 11.3 Å². The van der Waals surface area contributed by atoms with E-state index in [9.17, 15) is 10.1 Å². The van der Waals surface area contributed by atoms with Crippen LogP contribution in [0.4, 0.5) is 5.69 Å². The summed E-state index contributed by atoms with van der Waals surface area (Å²) in [6.45, 7) is 1.69. The van der Waals surface area contributed by atoms with Crippen LogP contribution in [-0.4, -0.2) is 9.91 Å². The van der Waals surface area contributed by atoms with Gasteiger partial charge in [0.25, 0.3) is 5.69 Å². The largest absolute Gasteiger partial charge is 0.439 e. The molecule has 0 amide bonds. The van der Waals surface area contributed by atoms with Gasteiger partial charge in [-0.2, -0.15) is 0 Å². The SMILES string of the molecule is CC(Cl)c1ncc(-c2c(Cl)cccc2[N+](=O)[O-])o1. The first kappa shape index (κ1) is 12.9. The van der Waals surface area contributed by atoms with Crippen molar-refractivity contribution < 1.29 is 9.34 Å². The van der Waals surface area contributed by atoms with Crippen LogP contribution in [0, 0.1) is 10.1 Å². The molecule has 94 valence electrons. The summed E-state index contributed by atoms with van der Waals surface area (Å²) in [7, 11) is 0. The number of benzene rings is 1. The van der Waals surface area contributed by atoms with Gasteiger partial charge >= 0.3 is 0 Å². The molecule has 0 spiro atoms. The number of nitro benzene ring substituents is 1. The molecule has 1 atom stereocenters. The monoisotopic (exact) mass is 286 g/mol. The molecular formula is C11H8Cl2N2O3. The molecule has 0 bridgehead atoms. The topological polar surface area (TPSA) is 69.2 Å². The molecule has 0 aliphatic heterocycles. The Morgan fingerprint density at radius 1 is 1.50 bits per heavy atom. The van der Waals surface area contributed by atoms with Gasteiger partial charge in [0.05, 0.1) is 16.1 Å². The van der Waals surface area contributed by atoms with E-state index in [2.05, 4.69) is 4.98 Å². The van der Waals surface area contributed by atoms with Crippen LogP contribution < -0.4 is 0 Å². The average molecular weight is 287 g/mol. The van der Waals surface area contributed by atoms with E-state index in [0.717, 1.165) is 0 Å². The molecule has 0 aliphatic carbocycles. The fourth-order valence-electron chi connectivity index (χ4n) is 1.50. The highest BCUT2D eigenvalue weighted by Gasteiger charge is 2.22. The van der Waals surface area contributed by atoms with Gasteiger partial charge in [-0.05, 0) is 13.0 Å². The molecule has 5 nitrogen and oxygen atoms in total. The van der Waals surface area contributed by atoms with Crippen LogP contribution in [0.5, 0.6) is 0 Å². The number of rotatable bonds is 3. The highest BCUT2D eigenvalue weighted by molar-refractivity contribution is 6.33. The summed E-state index contributed by atoms with van der Waals surface area (Å²) in [5.74, 6) is 0.524. The first-order chi connectivity index (χ1) is 8.50.